The van der Waals surface area contributed by atoms with Crippen molar-refractivity contribution in [2.75, 3.05) is 31.6 Å². The topological polar surface area (TPSA) is 90.9 Å². The number of hydrogen-bond acceptors (Lipinski definition) is 5. The van der Waals surface area contributed by atoms with E-state index in [0.717, 1.165) is 35.2 Å². The van der Waals surface area contributed by atoms with Gasteiger partial charge in [0.15, 0.2) is 0 Å². The van der Waals surface area contributed by atoms with Gasteiger partial charge in [0.25, 0.3) is 0 Å². The molecule has 158 valence electrons. The van der Waals surface area contributed by atoms with Crippen molar-refractivity contribution in [1.29, 1.82) is 0 Å². The summed E-state index contributed by atoms with van der Waals surface area (Å²) in [4.78, 5) is 10.9. The summed E-state index contributed by atoms with van der Waals surface area (Å²) in [6.07, 6.45) is 0. The number of nitrogens with two attached hydrogens (primary N) is 2. The van der Waals surface area contributed by atoms with Gasteiger partial charge in [0.1, 0.15) is 0 Å². The van der Waals surface area contributed by atoms with Gasteiger partial charge in [-0.05, 0) is 31.3 Å². The molecule has 0 radical (unpaired) electrons. The predicted octanol–water partition coefficient (Wildman–Crippen LogP) is 4.80. The minimum Gasteiger partial charge on any atom is -0.369 e. The third-order valence-corrected chi connectivity index (χ3v) is 6.49. The van der Waals surface area contributed by atoms with Crippen LogP contribution in [0.3, 0.4) is 0 Å². The second-order valence-corrected chi connectivity index (χ2v) is 8.69. The molecule has 2 aromatic heterocycles. The van der Waals surface area contributed by atoms with E-state index in [1.54, 1.807) is 24.3 Å². The molecule has 0 saturated heterocycles. The maximum atomic E-state index is 6.16. The second kappa shape index (κ2) is 8.32. The molecule has 0 spiro atoms. The molecule has 7 nitrogen and oxygen atoms in total. The van der Waals surface area contributed by atoms with Crippen molar-refractivity contribution in [3.8, 4) is 0 Å². The van der Waals surface area contributed by atoms with E-state index in [4.69, 9.17) is 57.9 Å². The first-order valence-electron chi connectivity index (χ1n) is 9.14. The number of likely N-dealkylation sites (N-methyl/N-ethyl adjacent to an activating group) is 1. The molecule has 0 fully saturated rings. The minimum atomic E-state index is 0.424. The molecule has 0 aliphatic heterocycles. The number of benzene rings is 2. The number of anilines is 2. The Hall–Kier alpha value is -1.90. The zero-order valence-electron chi connectivity index (χ0n) is 16.0. The van der Waals surface area contributed by atoms with Crippen LogP contribution >= 0.6 is 46.4 Å². The van der Waals surface area contributed by atoms with Gasteiger partial charge in [-0.2, -0.15) is 0 Å². The van der Waals surface area contributed by atoms with Gasteiger partial charge in [0, 0.05) is 26.2 Å². The van der Waals surface area contributed by atoms with E-state index in [1.165, 1.54) is 0 Å². The van der Waals surface area contributed by atoms with E-state index in [0.29, 0.717) is 45.1 Å². The van der Waals surface area contributed by atoms with Crippen molar-refractivity contribution in [2.45, 2.75) is 13.1 Å². The summed E-state index contributed by atoms with van der Waals surface area (Å²) in [5, 5.41) is 1.86. The Labute approximate surface area is 193 Å². The summed E-state index contributed by atoms with van der Waals surface area (Å²) in [5.41, 5.74) is 15.3. The first-order valence-corrected chi connectivity index (χ1v) is 10.7. The first kappa shape index (κ1) is 21.3. The highest BCUT2D eigenvalue weighted by molar-refractivity contribution is 6.43. The molecule has 0 amide bonds. The van der Waals surface area contributed by atoms with Crippen LogP contribution in [0.1, 0.15) is 0 Å². The van der Waals surface area contributed by atoms with Crippen molar-refractivity contribution < 1.29 is 0 Å². The van der Waals surface area contributed by atoms with Crippen LogP contribution in [0, 0.1) is 0 Å². The van der Waals surface area contributed by atoms with Crippen LogP contribution in [-0.2, 0) is 13.1 Å². The van der Waals surface area contributed by atoms with E-state index in [1.807, 2.05) is 16.2 Å². The number of rotatable bonds is 6. The summed E-state index contributed by atoms with van der Waals surface area (Å²) >= 11 is 24.5. The van der Waals surface area contributed by atoms with Crippen LogP contribution in [0.5, 0.6) is 0 Å². The molecule has 2 heterocycles. The van der Waals surface area contributed by atoms with E-state index < -0.39 is 0 Å². The van der Waals surface area contributed by atoms with Crippen LogP contribution in [-0.4, -0.2) is 44.1 Å². The molecular weight excluding hydrogens is 468 g/mol. The van der Waals surface area contributed by atoms with Crippen molar-refractivity contribution in [3.05, 3.63) is 44.4 Å². The fraction of sp³-hybridized carbons (Fsp3) is 0.263. The number of nitrogen functional groups attached to an aromatic ring is 2. The fourth-order valence-corrected chi connectivity index (χ4v) is 4.03. The molecule has 4 N–H and O–H groups in total. The van der Waals surface area contributed by atoms with Gasteiger partial charge in [-0.25, -0.2) is 9.97 Å². The van der Waals surface area contributed by atoms with Crippen molar-refractivity contribution in [1.82, 2.24) is 24.0 Å². The maximum Gasteiger partial charge on any atom is 0.201 e. The van der Waals surface area contributed by atoms with Crippen LogP contribution in [0.2, 0.25) is 20.1 Å². The van der Waals surface area contributed by atoms with Crippen LogP contribution in [0.15, 0.2) is 24.3 Å². The second-order valence-electron chi connectivity index (χ2n) is 7.06. The Morgan fingerprint density at radius 1 is 0.733 bits per heavy atom. The van der Waals surface area contributed by atoms with Crippen LogP contribution in [0.4, 0.5) is 11.9 Å². The summed E-state index contributed by atoms with van der Waals surface area (Å²) in [6, 6.07) is 7.02. The van der Waals surface area contributed by atoms with Gasteiger partial charge in [0.2, 0.25) is 11.9 Å². The van der Waals surface area contributed by atoms with E-state index in [-0.39, 0.29) is 0 Å². The molecule has 4 rings (SSSR count). The Bertz CT molecular complexity index is 1150. The molecule has 0 bridgehead atoms. The van der Waals surface area contributed by atoms with E-state index in [2.05, 4.69) is 14.9 Å². The highest BCUT2D eigenvalue weighted by atomic mass is 35.5. The van der Waals surface area contributed by atoms with Crippen LogP contribution < -0.4 is 11.5 Å². The highest BCUT2D eigenvalue weighted by Crippen LogP contribution is 2.30. The van der Waals surface area contributed by atoms with Gasteiger partial charge in [-0.15, -0.1) is 0 Å². The summed E-state index contributed by atoms with van der Waals surface area (Å²) in [5.74, 6) is 0.848. The lowest BCUT2D eigenvalue weighted by Crippen LogP contribution is -2.27. The lowest BCUT2D eigenvalue weighted by Gasteiger charge is -2.18. The van der Waals surface area contributed by atoms with Gasteiger partial charge >= 0.3 is 0 Å². The SMILES string of the molecule is CN(CCn1c(N)nc2cc(Cl)c(Cl)cc21)CCn1c(N)nc2cc(Cl)c(Cl)cc21. The number of fused-ring (bicyclic) bond motifs is 2. The largest absolute Gasteiger partial charge is 0.369 e. The Morgan fingerprint density at radius 2 is 1.10 bits per heavy atom. The molecule has 11 heteroatoms. The number of hydrogen-bond donors (Lipinski definition) is 2. The zero-order chi connectivity index (χ0) is 21.6. The number of nitrogens with zero attached hydrogens (tertiary/aromatic N) is 5. The number of imidazole rings is 2. The molecule has 0 aliphatic rings. The van der Waals surface area contributed by atoms with E-state index >= 15 is 0 Å². The minimum absolute atomic E-state index is 0.424. The Morgan fingerprint density at radius 3 is 1.50 bits per heavy atom. The zero-order valence-corrected chi connectivity index (χ0v) is 19.1. The fourth-order valence-electron chi connectivity index (χ4n) is 3.40. The average molecular weight is 487 g/mol. The third-order valence-electron chi connectivity index (χ3n) is 5.05. The maximum absolute atomic E-state index is 6.16. The third kappa shape index (κ3) is 4.00. The summed E-state index contributed by atoms with van der Waals surface area (Å²) in [7, 11) is 2.03. The lowest BCUT2D eigenvalue weighted by molar-refractivity contribution is 0.309. The van der Waals surface area contributed by atoms with Gasteiger partial charge < -0.3 is 25.5 Å². The monoisotopic (exact) mass is 485 g/mol. The van der Waals surface area contributed by atoms with Gasteiger partial charge in [-0.1, -0.05) is 46.4 Å². The molecule has 2 aromatic carbocycles. The number of aromatic nitrogens is 4. The standard InChI is InChI=1S/C19H19Cl4N7/c1-28(2-4-29-16-8-12(22)10(20)6-14(16)26-18(29)24)3-5-30-17-9-13(23)11(21)7-15(17)27-19(30)25/h6-9H,2-5H2,1H3,(H2,24,26)(H2,25,27). The van der Waals surface area contributed by atoms with E-state index in [9.17, 15) is 0 Å². The molecule has 0 atom stereocenters. The summed E-state index contributed by atoms with van der Waals surface area (Å²) in [6.45, 7) is 2.79. The Kier molecular flexibility index (Phi) is 5.92. The molecular formula is C19H19Cl4N7. The van der Waals surface area contributed by atoms with Gasteiger partial charge in [-0.3, -0.25) is 0 Å². The normalized spacial score (nSPS) is 11.9. The predicted molar refractivity (Wildman–Crippen MR) is 126 cm³/mol. The first-order chi connectivity index (χ1) is 14.2. The smallest absolute Gasteiger partial charge is 0.201 e. The highest BCUT2D eigenvalue weighted by Gasteiger charge is 2.14. The van der Waals surface area contributed by atoms with Gasteiger partial charge in [0.05, 0.1) is 42.2 Å². The molecule has 0 aliphatic carbocycles. The molecule has 30 heavy (non-hydrogen) atoms. The lowest BCUT2D eigenvalue weighted by atomic mass is 10.3. The van der Waals surface area contributed by atoms with Crippen molar-refractivity contribution >= 4 is 80.4 Å². The molecule has 0 saturated carbocycles. The van der Waals surface area contributed by atoms with Crippen LogP contribution in [0.25, 0.3) is 22.1 Å². The Balaban J connectivity index is 1.46. The summed E-state index contributed by atoms with van der Waals surface area (Å²) < 4.78 is 3.85. The average Bonchev–Trinajstić information content (AvgIpc) is 3.14. The van der Waals surface area contributed by atoms with Crippen molar-refractivity contribution in [2.24, 2.45) is 0 Å². The molecule has 0 unspecified atom stereocenters. The molecule has 4 aromatic rings. The quantitative estimate of drug-likeness (QED) is 0.408. The number of halogens is 4. The van der Waals surface area contributed by atoms with Crippen molar-refractivity contribution in [3.63, 3.8) is 0 Å².